The number of amides is 1. The van der Waals surface area contributed by atoms with E-state index in [2.05, 4.69) is 5.32 Å². The van der Waals surface area contributed by atoms with Gasteiger partial charge in [0.25, 0.3) is 5.91 Å². The maximum atomic E-state index is 13.6. The van der Waals surface area contributed by atoms with Gasteiger partial charge in [-0.05, 0) is 23.8 Å². The molecular weight excluding hydrogens is 259 g/mol. The van der Waals surface area contributed by atoms with E-state index >= 15 is 0 Å². The predicted molar refractivity (Wildman–Crippen MR) is 74.5 cm³/mol. The lowest BCUT2D eigenvalue weighted by Gasteiger charge is -2.17. The first-order valence-electron chi connectivity index (χ1n) is 6.13. The Labute approximate surface area is 116 Å². The lowest BCUT2D eigenvalue weighted by atomic mass is 10.1. The molecule has 0 saturated carbocycles. The third-order valence-corrected chi connectivity index (χ3v) is 2.92. The van der Waals surface area contributed by atoms with Gasteiger partial charge in [0, 0.05) is 5.69 Å². The summed E-state index contributed by atoms with van der Waals surface area (Å²) in [6.45, 7) is -0.278. The van der Waals surface area contributed by atoms with Crippen LogP contribution < -0.4 is 11.1 Å². The molecule has 2 rings (SSSR count). The molecule has 0 spiro atoms. The van der Waals surface area contributed by atoms with Crippen LogP contribution in [0.1, 0.15) is 22.0 Å². The Morgan fingerprint density at radius 3 is 2.60 bits per heavy atom. The van der Waals surface area contributed by atoms with E-state index in [-0.39, 0.29) is 12.2 Å². The number of nitrogen functional groups attached to an aromatic ring is 1. The standard InChI is InChI=1S/C15H15FN2O2/c16-13-7-6-11(17)8-12(13)15(20)18-14(9-19)10-4-2-1-3-5-10/h1-8,14,19H,9,17H2,(H,18,20)/t14-/m1/s1. The van der Waals surface area contributed by atoms with Crippen molar-refractivity contribution in [1.82, 2.24) is 5.32 Å². The fraction of sp³-hybridized carbons (Fsp3) is 0.133. The number of anilines is 1. The monoisotopic (exact) mass is 274 g/mol. The zero-order valence-corrected chi connectivity index (χ0v) is 10.7. The Bertz CT molecular complexity index is 602. The van der Waals surface area contributed by atoms with Crippen LogP contribution in [0.4, 0.5) is 10.1 Å². The number of rotatable bonds is 4. The third-order valence-electron chi connectivity index (χ3n) is 2.92. The number of hydrogen-bond donors (Lipinski definition) is 3. The summed E-state index contributed by atoms with van der Waals surface area (Å²) < 4.78 is 13.6. The Kier molecular flexibility index (Phi) is 4.32. The fourth-order valence-corrected chi connectivity index (χ4v) is 1.87. The van der Waals surface area contributed by atoms with Gasteiger partial charge in [-0.15, -0.1) is 0 Å². The molecule has 2 aromatic carbocycles. The van der Waals surface area contributed by atoms with Crippen LogP contribution in [-0.4, -0.2) is 17.6 Å². The minimum Gasteiger partial charge on any atom is -0.399 e. The molecule has 0 aliphatic rings. The highest BCUT2D eigenvalue weighted by Crippen LogP contribution is 2.16. The van der Waals surface area contributed by atoms with Crippen LogP contribution in [0, 0.1) is 5.82 Å². The first-order chi connectivity index (χ1) is 9.61. The highest BCUT2D eigenvalue weighted by Gasteiger charge is 2.17. The van der Waals surface area contributed by atoms with Gasteiger partial charge >= 0.3 is 0 Å². The van der Waals surface area contributed by atoms with Crippen LogP contribution in [0.5, 0.6) is 0 Å². The molecule has 0 aliphatic carbocycles. The Hall–Kier alpha value is -2.40. The van der Waals surface area contributed by atoms with Gasteiger partial charge < -0.3 is 16.2 Å². The van der Waals surface area contributed by atoms with Gasteiger partial charge in [0.1, 0.15) is 5.82 Å². The SMILES string of the molecule is Nc1ccc(F)c(C(=O)N[C@H](CO)c2ccccc2)c1. The van der Waals surface area contributed by atoms with Gasteiger partial charge in [0.15, 0.2) is 0 Å². The minimum atomic E-state index is -0.651. The van der Waals surface area contributed by atoms with Crippen LogP contribution in [0.2, 0.25) is 0 Å². The number of nitrogens with one attached hydrogen (secondary N) is 1. The van der Waals surface area contributed by atoms with E-state index in [1.54, 1.807) is 24.3 Å². The van der Waals surface area contributed by atoms with Gasteiger partial charge in [0.2, 0.25) is 0 Å². The molecule has 0 bridgehead atoms. The second kappa shape index (κ2) is 6.16. The minimum absolute atomic E-state index is 0.139. The van der Waals surface area contributed by atoms with E-state index in [0.29, 0.717) is 5.69 Å². The number of benzene rings is 2. The molecule has 0 fully saturated rings. The summed E-state index contributed by atoms with van der Waals surface area (Å²) in [5.74, 6) is -1.26. The van der Waals surface area contributed by atoms with Crippen LogP contribution in [0.25, 0.3) is 0 Å². The molecule has 5 heteroatoms. The molecule has 0 aliphatic heterocycles. The smallest absolute Gasteiger partial charge is 0.254 e. The van der Waals surface area contributed by atoms with Crippen molar-refractivity contribution < 1.29 is 14.3 Å². The Morgan fingerprint density at radius 1 is 1.25 bits per heavy atom. The molecule has 104 valence electrons. The quantitative estimate of drug-likeness (QED) is 0.745. The molecule has 0 unspecified atom stereocenters. The molecule has 0 saturated heterocycles. The average Bonchev–Trinajstić information content (AvgIpc) is 2.48. The summed E-state index contributed by atoms with van der Waals surface area (Å²) >= 11 is 0. The number of carbonyl (C=O) groups excluding carboxylic acids is 1. The van der Waals surface area contributed by atoms with Gasteiger partial charge in [-0.3, -0.25) is 4.79 Å². The second-order valence-electron chi connectivity index (χ2n) is 4.36. The maximum Gasteiger partial charge on any atom is 0.254 e. The van der Waals surface area contributed by atoms with Crippen LogP contribution in [0.3, 0.4) is 0 Å². The summed E-state index contributed by atoms with van der Waals surface area (Å²) in [4.78, 5) is 12.0. The summed E-state index contributed by atoms with van der Waals surface area (Å²) in [7, 11) is 0. The van der Waals surface area contributed by atoms with Gasteiger partial charge in [-0.1, -0.05) is 30.3 Å². The third kappa shape index (κ3) is 3.13. The van der Waals surface area contributed by atoms with Crippen molar-refractivity contribution in [2.45, 2.75) is 6.04 Å². The number of carbonyl (C=O) groups is 1. The number of halogens is 1. The molecule has 2 aromatic rings. The second-order valence-corrected chi connectivity index (χ2v) is 4.36. The summed E-state index contributed by atoms with van der Waals surface area (Å²) in [5.41, 5.74) is 6.45. The zero-order chi connectivity index (χ0) is 14.5. The van der Waals surface area contributed by atoms with Crippen LogP contribution in [-0.2, 0) is 0 Å². The first-order valence-corrected chi connectivity index (χ1v) is 6.13. The van der Waals surface area contributed by atoms with Crippen molar-refractivity contribution in [3.63, 3.8) is 0 Å². The van der Waals surface area contributed by atoms with E-state index < -0.39 is 17.8 Å². The maximum absolute atomic E-state index is 13.6. The molecule has 1 amide bonds. The predicted octanol–water partition coefficient (Wildman–Crippen LogP) is 1.87. The van der Waals surface area contributed by atoms with E-state index in [1.165, 1.54) is 12.1 Å². The van der Waals surface area contributed by atoms with E-state index in [0.717, 1.165) is 11.6 Å². The topological polar surface area (TPSA) is 75.4 Å². The van der Waals surface area contributed by atoms with Crippen LogP contribution >= 0.6 is 0 Å². The van der Waals surface area contributed by atoms with Gasteiger partial charge in [0.05, 0.1) is 18.2 Å². The van der Waals surface area contributed by atoms with Crippen LogP contribution in [0.15, 0.2) is 48.5 Å². The molecule has 1 atom stereocenters. The van der Waals surface area contributed by atoms with Crippen molar-refractivity contribution in [2.75, 3.05) is 12.3 Å². The van der Waals surface area contributed by atoms with E-state index in [9.17, 15) is 14.3 Å². The summed E-state index contributed by atoms with van der Waals surface area (Å²) in [5, 5.41) is 11.9. The molecule has 4 nitrogen and oxygen atoms in total. The van der Waals surface area contributed by atoms with Gasteiger partial charge in [-0.2, -0.15) is 0 Å². The van der Waals surface area contributed by atoms with Gasteiger partial charge in [-0.25, -0.2) is 4.39 Å². The summed E-state index contributed by atoms with van der Waals surface area (Å²) in [6, 6.07) is 12.2. The Morgan fingerprint density at radius 2 is 1.95 bits per heavy atom. The van der Waals surface area contributed by atoms with Crippen molar-refractivity contribution in [3.8, 4) is 0 Å². The number of hydrogen-bond acceptors (Lipinski definition) is 3. The summed E-state index contributed by atoms with van der Waals surface area (Å²) in [6.07, 6.45) is 0. The van der Waals surface area contributed by atoms with Crippen molar-refractivity contribution in [3.05, 3.63) is 65.5 Å². The molecule has 0 heterocycles. The average molecular weight is 274 g/mol. The molecule has 0 radical (unpaired) electrons. The lowest BCUT2D eigenvalue weighted by Crippen LogP contribution is -2.31. The van der Waals surface area contributed by atoms with E-state index in [1.807, 2.05) is 6.07 Å². The van der Waals surface area contributed by atoms with Crippen molar-refractivity contribution in [2.24, 2.45) is 0 Å². The normalized spacial score (nSPS) is 11.9. The molecule has 4 N–H and O–H groups in total. The van der Waals surface area contributed by atoms with Crippen molar-refractivity contribution >= 4 is 11.6 Å². The molecular formula is C15H15FN2O2. The molecule has 0 aromatic heterocycles. The van der Waals surface area contributed by atoms with E-state index in [4.69, 9.17) is 5.73 Å². The Balaban J connectivity index is 2.20. The number of aliphatic hydroxyl groups excluding tert-OH is 1. The highest BCUT2D eigenvalue weighted by atomic mass is 19.1. The fourth-order valence-electron chi connectivity index (χ4n) is 1.87. The largest absolute Gasteiger partial charge is 0.399 e. The number of aliphatic hydroxyl groups is 1. The lowest BCUT2D eigenvalue weighted by molar-refractivity contribution is 0.0912. The molecule has 20 heavy (non-hydrogen) atoms. The number of nitrogens with two attached hydrogens (primary N) is 1. The zero-order valence-electron chi connectivity index (χ0n) is 10.7. The highest BCUT2D eigenvalue weighted by molar-refractivity contribution is 5.95. The first kappa shape index (κ1) is 14.0. The van der Waals surface area contributed by atoms with Crippen molar-refractivity contribution in [1.29, 1.82) is 0 Å².